The minimum atomic E-state index is -0.114. The van der Waals surface area contributed by atoms with E-state index < -0.39 is 0 Å². The number of thioether (sulfide) groups is 1. The minimum absolute atomic E-state index is 0.0391. The van der Waals surface area contributed by atoms with E-state index in [9.17, 15) is 4.79 Å². The zero-order valence-electron chi connectivity index (χ0n) is 12.2. The minimum Gasteiger partial charge on any atom is -0.411 e. The number of carbonyl (C=O) groups is 1. The first-order valence-corrected chi connectivity index (χ1v) is 7.95. The Labute approximate surface area is 137 Å². The lowest BCUT2D eigenvalue weighted by Gasteiger charge is -2.11. The van der Waals surface area contributed by atoms with Gasteiger partial charge < -0.3 is 14.5 Å². The molecule has 22 heavy (non-hydrogen) atoms. The SMILES string of the molecule is COC[C@@H](C)NC(=O)CSc1nnc(-c2cccc(Cl)c2)o1. The molecular weight excluding hydrogens is 326 g/mol. The number of ether oxygens (including phenoxy) is 1. The van der Waals surface area contributed by atoms with Gasteiger partial charge in [0.1, 0.15) is 0 Å². The molecule has 8 heteroatoms. The lowest BCUT2D eigenvalue weighted by atomic mass is 10.2. The summed E-state index contributed by atoms with van der Waals surface area (Å²) in [5.41, 5.74) is 0.741. The van der Waals surface area contributed by atoms with Gasteiger partial charge in [0, 0.05) is 23.7 Å². The number of nitrogens with one attached hydrogen (secondary N) is 1. The first-order chi connectivity index (χ1) is 10.6. The van der Waals surface area contributed by atoms with Crippen molar-refractivity contribution in [3.8, 4) is 11.5 Å². The van der Waals surface area contributed by atoms with Gasteiger partial charge in [0.2, 0.25) is 11.8 Å². The van der Waals surface area contributed by atoms with Crippen LogP contribution in [-0.2, 0) is 9.53 Å². The largest absolute Gasteiger partial charge is 0.411 e. The molecule has 1 aromatic heterocycles. The smallest absolute Gasteiger partial charge is 0.277 e. The molecule has 0 aliphatic rings. The van der Waals surface area contributed by atoms with E-state index in [2.05, 4.69) is 15.5 Å². The van der Waals surface area contributed by atoms with Crippen molar-refractivity contribution in [3.05, 3.63) is 29.3 Å². The van der Waals surface area contributed by atoms with Crippen molar-refractivity contribution in [2.45, 2.75) is 18.2 Å². The maximum atomic E-state index is 11.7. The van der Waals surface area contributed by atoms with E-state index >= 15 is 0 Å². The van der Waals surface area contributed by atoms with Gasteiger partial charge in [-0.05, 0) is 25.1 Å². The number of nitrogens with zero attached hydrogens (tertiary/aromatic N) is 2. The monoisotopic (exact) mass is 341 g/mol. The van der Waals surface area contributed by atoms with Crippen LogP contribution < -0.4 is 5.32 Å². The Balaban J connectivity index is 1.88. The second-order valence-corrected chi connectivity index (χ2v) is 5.96. The van der Waals surface area contributed by atoms with Crippen molar-refractivity contribution in [1.29, 1.82) is 0 Å². The van der Waals surface area contributed by atoms with Crippen LogP contribution in [0.2, 0.25) is 5.02 Å². The molecule has 6 nitrogen and oxygen atoms in total. The predicted octanol–water partition coefficient (Wildman–Crippen LogP) is 2.63. The molecule has 0 aliphatic heterocycles. The summed E-state index contributed by atoms with van der Waals surface area (Å²) in [5.74, 6) is 0.459. The normalized spacial score (nSPS) is 12.1. The molecular formula is C14H16ClN3O3S. The zero-order valence-corrected chi connectivity index (χ0v) is 13.8. The molecule has 2 rings (SSSR count). The number of methoxy groups -OCH3 is 1. The number of benzene rings is 1. The number of hydrogen-bond acceptors (Lipinski definition) is 6. The number of hydrogen-bond donors (Lipinski definition) is 1. The van der Waals surface area contributed by atoms with Crippen molar-refractivity contribution in [3.63, 3.8) is 0 Å². The summed E-state index contributed by atoms with van der Waals surface area (Å²) in [6, 6.07) is 7.10. The summed E-state index contributed by atoms with van der Waals surface area (Å²) in [6.07, 6.45) is 0. The van der Waals surface area contributed by atoms with Crippen molar-refractivity contribution in [2.75, 3.05) is 19.5 Å². The van der Waals surface area contributed by atoms with E-state index in [4.69, 9.17) is 20.8 Å². The molecule has 1 N–H and O–H groups in total. The predicted molar refractivity (Wildman–Crippen MR) is 84.9 cm³/mol. The summed E-state index contributed by atoms with van der Waals surface area (Å²) in [5, 5.41) is 11.6. The van der Waals surface area contributed by atoms with Gasteiger partial charge in [0.25, 0.3) is 5.22 Å². The van der Waals surface area contributed by atoms with Crippen LogP contribution in [0, 0.1) is 0 Å². The first-order valence-electron chi connectivity index (χ1n) is 6.59. The average Bonchev–Trinajstić information content (AvgIpc) is 2.94. The summed E-state index contributed by atoms with van der Waals surface area (Å²) in [6.45, 7) is 2.34. The van der Waals surface area contributed by atoms with Gasteiger partial charge in [0.05, 0.1) is 12.4 Å². The highest BCUT2D eigenvalue weighted by Crippen LogP contribution is 2.24. The van der Waals surface area contributed by atoms with Gasteiger partial charge in [-0.15, -0.1) is 10.2 Å². The second kappa shape index (κ2) is 8.17. The molecule has 0 fully saturated rings. The first kappa shape index (κ1) is 16.8. The van der Waals surface area contributed by atoms with Crippen LogP contribution in [0.15, 0.2) is 33.9 Å². The van der Waals surface area contributed by atoms with E-state index in [1.807, 2.05) is 13.0 Å². The Hall–Kier alpha value is -1.57. The van der Waals surface area contributed by atoms with Gasteiger partial charge in [-0.25, -0.2) is 0 Å². The standard InChI is InChI=1S/C14H16ClN3O3S/c1-9(7-20-2)16-12(19)8-22-14-18-17-13(21-14)10-4-3-5-11(15)6-10/h3-6,9H,7-8H2,1-2H3,(H,16,19)/t9-/m1/s1. The number of aromatic nitrogens is 2. The molecule has 1 amide bonds. The lowest BCUT2D eigenvalue weighted by Crippen LogP contribution is -2.36. The third kappa shape index (κ3) is 5.01. The second-order valence-electron chi connectivity index (χ2n) is 4.60. The fourth-order valence-electron chi connectivity index (χ4n) is 1.74. The Morgan fingerprint density at radius 3 is 3.05 bits per heavy atom. The van der Waals surface area contributed by atoms with Crippen molar-refractivity contribution in [1.82, 2.24) is 15.5 Å². The number of rotatable bonds is 7. The Bertz CT molecular complexity index is 635. The zero-order chi connectivity index (χ0) is 15.9. The molecule has 0 aliphatic carbocycles. The molecule has 2 aromatic rings. The fraction of sp³-hybridized carbons (Fsp3) is 0.357. The van der Waals surface area contributed by atoms with Gasteiger partial charge in [-0.2, -0.15) is 0 Å². The van der Waals surface area contributed by atoms with Crippen molar-refractivity contribution in [2.24, 2.45) is 0 Å². The van der Waals surface area contributed by atoms with E-state index in [-0.39, 0.29) is 17.7 Å². The molecule has 0 radical (unpaired) electrons. The Morgan fingerprint density at radius 2 is 2.32 bits per heavy atom. The van der Waals surface area contributed by atoms with E-state index in [1.54, 1.807) is 25.3 Å². The van der Waals surface area contributed by atoms with Crippen LogP contribution in [0.25, 0.3) is 11.5 Å². The van der Waals surface area contributed by atoms with Gasteiger partial charge in [-0.1, -0.05) is 29.4 Å². The lowest BCUT2D eigenvalue weighted by molar-refractivity contribution is -0.119. The van der Waals surface area contributed by atoms with Crippen LogP contribution in [-0.4, -0.2) is 41.6 Å². The van der Waals surface area contributed by atoms with Crippen LogP contribution in [0.4, 0.5) is 0 Å². The third-order valence-corrected chi connectivity index (χ3v) is 3.68. The maximum Gasteiger partial charge on any atom is 0.277 e. The highest BCUT2D eigenvalue weighted by molar-refractivity contribution is 7.99. The van der Waals surface area contributed by atoms with Gasteiger partial charge in [0.15, 0.2) is 0 Å². The molecule has 0 spiro atoms. The third-order valence-electron chi connectivity index (χ3n) is 2.63. The van der Waals surface area contributed by atoms with Crippen LogP contribution >= 0.6 is 23.4 Å². The van der Waals surface area contributed by atoms with Gasteiger partial charge >= 0.3 is 0 Å². The van der Waals surface area contributed by atoms with Gasteiger partial charge in [-0.3, -0.25) is 4.79 Å². The number of carbonyl (C=O) groups excluding carboxylic acids is 1. The molecule has 0 bridgehead atoms. The van der Waals surface area contributed by atoms with Crippen LogP contribution in [0.1, 0.15) is 6.92 Å². The quantitative estimate of drug-likeness (QED) is 0.780. The summed E-state index contributed by atoms with van der Waals surface area (Å²) >= 11 is 7.10. The molecule has 1 heterocycles. The van der Waals surface area contributed by atoms with E-state index in [0.29, 0.717) is 22.7 Å². The van der Waals surface area contributed by atoms with E-state index in [1.165, 1.54) is 11.8 Å². The van der Waals surface area contributed by atoms with Crippen LogP contribution in [0.3, 0.4) is 0 Å². The maximum absolute atomic E-state index is 11.7. The average molecular weight is 342 g/mol. The van der Waals surface area contributed by atoms with Crippen molar-refractivity contribution < 1.29 is 13.9 Å². The summed E-state index contributed by atoms with van der Waals surface area (Å²) in [4.78, 5) is 11.7. The summed E-state index contributed by atoms with van der Waals surface area (Å²) in [7, 11) is 1.59. The highest BCUT2D eigenvalue weighted by atomic mass is 35.5. The molecule has 0 unspecified atom stereocenters. The highest BCUT2D eigenvalue weighted by Gasteiger charge is 2.12. The molecule has 0 saturated heterocycles. The van der Waals surface area contributed by atoms with Crippen LogP contribution in [0.5, 0.6) is 0 Å². The van der Waals surface area contributed by atoms with E-state index in [0.717, 1.165) is 5.56 Å². The molecule has 1 atom stereocenters. The Morgan fingerprint density at radius 1 is 1.50 bits per heavy atom. The topological polar surface area (TPSA) is 77.2 Å². The number of amides is 1. The van der Waals surface area contributed by atoms with Crippen molar-refractivity contribution >= 4 is 29.3 Å². The fourth-order valence-corrected chi connectivity index (χ4v) is 2.51. The molecule has 118 valence electrons. The molecule has 0 saturated carbocycles. The Kier molecular flexibility index (Phi) is 6.23. The number of halogens is 1. The summed E-state index contributed by atoms with van der Waals surface area (Å²) < 4.78 is 10.5. The molecule has 1 aromatic carbocycles.